The van der Waals surface area contributed by atoms with Crippen molar-refractivity contribution in [3.63, 3.8) is 0 Å². The van der Waals surface area contributed by atoms with Crippen molar-refractivity contribution in [3.8, 4) is 0 Å². The summed E-state index contributed by atoms with van der Waals surface area (Å²) < 4.78 is 5.57. The van der Waals surface area contributed by atoms with E-state index in [1.165, 1.54) is 0 Å². The lowest BCUT2D eigenvalue weighted by Crippen LogP contribution is -2.33. The van der Waals surface area contributed by atoms with Crippen LogP contribution in [-0.2, 0) is 4.74 Å². The van der Waals surface area contributed by atoms with Crippen molar-refractivity contribution in [1.29, 1.82) is 0 Å². The highest BCUT2D eigenvalue weighted by Gasteiger charge is 2.20. The molecule has 2 N–H and O–H groups in total. The number of nitrogens with zero attached hydrogens (tertiary/aromatic N) is 2. The van der Waals surface area contributed by atoms with Gasteiger partial charge >= 0.3 is 0 Å². The Labute approximate surface area is 115 Å². The van der Waals surface area contributed by atoms with E-state index >= 15 is 0 Å². The highest BCUT2D eigenvalue weighted by Crippen LogP contribution is 2.22. The lowest BCUT2D eigenvalue weighted by Gasteiger charge is -2.28. The van der Waals surface area contributed by atoms with E-state index in [2.05, 4.69) is 41.4 Å². The van der Waals surface area contributed by atoms with Gasteiger partial charge in [-0.3, -0.25) is 0 Å². The number of aromatic nitrogens is 2. The molecule has 2 atom stereocenters. The standard InChI is InChI=1S/C14H24N4O/c1-4-6-15-13-11(3)14(17-9-16-13)18-12-5-7-19-10(2)8-12/h9-10,12H,4-8H2,1-3H3,(H2,15,16,17,18). The summed E-state index contributed by atoms with van der Waals surface area (Å²) in [7, 11) is 0. The Kier molecular flexibility index (Phi) is 4.96. The monoisotopic (exact) mass is 264 g/mol. The first-order chi connectivity index (χ1) is 9.20. The van der Waals surface area contributed by atoms with E-state index in [1.54, 1.807) is 6.33 Å². The minimum absolute atomic E-state index is 0.325. The van der Waals surface area contributed by atoms with Crippen LogP contribution in [0.1, 0.15) is 38.7 Å². The van der Waals surface area contributed by atoms with E-state index < -0.39 is 0 Å². The molecule has 0 saturated carbocycles. The summed E-state index contributed by atoms with van der Waals surface area (Å²) >= 11 is 0. The molecular formula is C14H24N4O. The first-order valence-corrected chi connectivity index (χ1v) is 7.14. The van der Waals surface area contributed by atoms with Gasteiger partial charge in [-0.15, -0.1) is 0 Å². The maximum atomic E-state index is 5.57. The average Bonchev–Trinajstić information content (AvgIpc) is 2.40. The minimum atomic E-state index is 0.325. The summed E-state index contributed by atoms with van der Waals surface area (Å²) in [5.74, 6) is 1.87. The first kappa shape index (κ1) is 14.1. The van der Waals surface area contributed by atoms with E-state index in [1.807, 2.05) is 0 Å². The van der Waals surface area contributed by atoms with Gasteiger partial charge < -0.3 is 15.4 Å². The number of ether oxygens (including phenoxy) is 1. The lowest BCUT2D eigenvalue weighted by molar-refractivity contribution is 0.0231. The SMILES string of the molecule is CCCNc1ncnc(NC2CCOC(C)C2)c1C. The van der Waals surface area contributed by atoms with E-state index in [0.717, 1.165) is 49.6 Å². The molecular weight excluding hydrogens is 240 g/mol. The third-order valence-corrected chi connectivity index (χ3v) is 3.45. The van der Waals surface area contributed by atoms with Gasteiger partial charge in [0, 0.05) is 24.8 Å². The Balaban J connectivity index is 2.03. The normalized spacial score (nSPS) is 23.1. The summed E-state index contributed by atoms with van der Waals surface area (Å²) in [6.45, 7) is 8.08. The van der Waals surface area contributed by atoms with Crippen molar-refractivity contribution < 1.29 is 4.74 Å². The fourth-order valence-electron chi connectivity index (χ4n) is 2.34. The van der Waals surface area contributed by atoms with Gasteiger partial charge in [-0.25, -0.2) is 9.97 Å². The van der Waals surface area contributed by atoms with Crippen LogP contribution in [0, 0.1) is 6.92 Å². The average molecular weight is 264 g/mol. The number of hydrogen-bond donors (Lipinski definition) is 2. The van der Waals surface area contributed by atoms with E-state index in [-0.39, 0.29) is 0 Å². The molecule has 2 unspecified atom stereocenters. The predicted octanol–water partition coefficient (Wildman–Crippen LogP) is 2.59. The van der Waals surface area contributed by atoms with Crippen LogP contribution in [0.15, 0.2) is 6.33 Å². The zero-order valence-electron chi connectivity index (χ0n) is 12.1. The molecule has 2 rings (SSSR count). The van der Waals surface area contributed by atoms with E-state index in [0.29, 0.717) is 12.1 Å². The Bertz CT molecular complexity index is 410. The van der Waals surface area contributed by atoms with Crippen LogP contribution in [0.5, 0.6) is 0 Å². The molecule has 1 aromatic rings. The first-order valence-electron chi connectivity index (χ1n) is 7.14. The van der Waals surface area contributed by atoms with Crippen molar-refractivity contribution in [3.05, 3.63) is 11.9 Å². The second kappa shape index (κ2) is 6.70. The van der Waals surface area contributed by atoms with Crippen molar-refractivity contribution in [2.75, 3.05) is 23.8 Å². The Morgan fingerprint density at radius 2 is 2.16 bits per heavy atom. The second-order valence-corrected chi connectivity index (χ2v) is 5.17. The van der Waals surface area contributed by atoms with Crippen LogP contribution >= 0.6 is 0 Å². The number of hydrogen-bond acceptors (Lipinski definition) is 5. The van der Waals surface area contributed by atoms with Crippen LogP contribution in [-0.4, -0.2) is 35.3 Å². The molecule has 0 aromatic carbocycles. The van der Waals surface area contributed by atoms with Gasteiger partial charge in [-0.05, 0) is 33.1 Å². The highest BCUT2D eigenvalue weighted by atomic mass is 16.5. The maximum Gasteiger partial charge on any atom is 0.134 e. The Morgan fingerprint density at radius 3 is 2.89 bits per heavy atom. The molecule has 1 aliphatic heterocycles. The molecule has 0 amide bonds. The summed E-state index contributed by atoms with van der Waals surface area (Å²) in [5.41, 5.74) is 1.09. The lowest BCUT2D eigenvalue weighted by atomic mass is 10.0. The molecule has 0 bridgehead atoms. The zero-order chi connectivity index (χ0) is 13.7. The molecule has 0 radical (unpaired) electrons. The van der Waals surface area contributed by atoms with Crippen LogP contribution < -0.4 is 10.6 Å². The van der Waals surface area contributed by atoms with Crippen molar-refractivity contribution in [1.82, 2.24) is 9.97 Å². The smallest absolute Gasteiger partial charge is 0.134 e. The molecule has 5 heteroatoms. The topological polar surface area (TPSA) is 59.1 Å². The zero-order valence-corrected chi connectivity index (χ0v) is 12.1. The van der Waals surface area contributed by atoms with Gasteiger partial charge in [-0.2, -0.15) is 0 Å². The predicted molar refractivity (Wildman–Crippen MR) is 77.6 cm³/mol. The summed E-state index contributed by atoms with van der Waals surface area (Å²) in [4.78, 5) is 8.66. The van der Waals surface area contributed by atoms with Gasteiger partial charge in [0.2, 0.25) is 0 Å². The molecule has 1 aromatic heterocycles. The highest BCUT2D eigenvalue weighted by molar-refractivity contribution is 5.56. The molecule has 2 heterocycles. The van der Waals surface area contributed by atoms with Crippen LogP contribution in [0.25, 0.3) is 0 Å². The third-order valence-electron chi connectivity index (χ3n) is 3.45. The fourth-order valence-corrected chi connectivity index (χ4v) is 2.34. The molecule has 0 aliphatic carbocycles. The summed E-state index contributed by atoms with van der Waals surface area (Å²) in [5, 5.41) is 6.86. The summed E-state index contributed by atoms with van der Waals surface area (Å²) in [6.07, 6.45) is 5.10. The fraction of sp³-hybridized carbons (Fsp3) is 0.714. The van der Waals surface area contributed by atoms with Gasteiger partial charge in [-0.1, -0.05) is 6.92 Å². The molecule has 1 fully saturated rings. The number of nitrogens with one attached hydrogen (secondary N) is 2. The third kappa shape index (κ3) is 3.80. The Morgan fingerprint density at radius 1 is 1.37 bits per heavy atom. The van der Waals surface area contributed by atoms with Crippen molar-refractivity contribution in [2.24, 2.45) is 0 Å². The van der Waals surface area contributed by atoms with Crippen LogP contribution in [0.3, 0.4) is 0 Å². The van der Waals surface area contributed by atoms with Gasteiger partial charge in [0.15, 0.2) is 0 Å². The minimum Gasteiger partial charge on any atom is -0.378 e. The number of anilines is 2. The van der Waals surface area contributed by atoms with Crippen molar-refractivity contribution >= 4 is 11.6 Å². The molecule has 19 heavy (non-hydrogen) atoms. The van der Waals surface area contributed by atoms with Crippen molar-refractivity contribution in [2.45, 2.75) is 52.2 Å². The molecule has 106 valence electrons. The Hall–Kier alpha value is -1.36. The quantitative estimate of drug-likeness (QED) is 0.856. The van der Waals surface area contributed by atoms with Gasteiger partial charge in [0.05, 0.1) is 6.10 Å². The summed E-state index contributed by atoms with van der Waals surface area (Å²) in [6, 6.07) is 0.441. The molecule has 1 aliphatic rings. The maximum absolute atomic E-state index is 5.57. The van der Waals surface area contributed by atoms with Gasteiger partial charge in [0.25, 0.3) is 0 Å². The van der Waals surface area contributed by atoms with Gasteiger partial charge in [0.1, 0.15) is 18.0 Å². The van der Waals surface area contributed by atoms with Crippen LogP contribution in [0.4, 0.5) is 11.6 Å². The van der Waals surface area contributed by atoms with E-state index in [4.69, 9.17) is 4.74 Å². The molecule has 1 saturated heterocycles. The largest absolute Gasteiger partial charge is 0.378 e. The molecule has 5 nitrogen and oxygen atoms in total. The van der Waals surface area contributed by atoms with E-state index in [9.17, 15) is 0 Å². The second-order valence-electron chi connectivity index (χ2n) is 5.17. The molecule has 0 spiro atoms. The van der Waals surface area contributed by atoms with Crippen LogP contribution in [0.2, 0.25) is 0 Å². The number of rotatable bonds is 5.